The van der Waals surface area contributed by atoms with Crippen LogP contribution in [-0.2, 0) is 11.2 Å². The van der Waals surface area contributed by atoms with Crippen molar-refractivity contribution < 1.29 is 4.79 Å². The van der Waals surface area contributed by atoms with E-state index < -0.39 is 0 Å². The number of hydrogen-bond acceptors (Lipinski definition) is 2. The summed E-state index contributed by atoms with van der Waals surface area (Å²) >= 11 is 1.69. The molecule has 0 radical (unpaired) electrons. The van der Waals surface area contributed by atoms with Crippen LogP contribution in [0.4, 0.5) is 0 Å². The van der Waals surface area contributed by atoms with E-state index in [0.717, 1.165) is 5.56 Å². The molecule has 0 heterocycles. The number of ketones is 1. The highest BCUT2D eigenvalue weighted by Crippen LogP contribution is 2.20. The Morgan fingerprint density at radius 1 is 1.42 bits per heavy atom. The lowest BCUT2D eigenvalue weighted by Gasteiger charge is -2.03. The van der Waals surface area contributed by atoms with Gasteiger partial charge in [-0.25, -0.2) is 0 Å². The topological polar surface area (TPSA) is 17.1 Å². The van der Waals surface area contributed by atoms with Gasteiger partial charge in [-0.05, 0) is 24.8 Å². The normalized spacial score (nSPS) is 9.83. The molecule has 0 aliphatic rings. The summed E-state index contributed by atoms with van der Waals surface area (Å²) in [5, 5.41) is 0. The van der Waals surface area contributed by atoms with E-state index in [0.29, 0.717) is 6.42 Å². The summed E-state index contributed by atoms with van der Waals surface area (Å²) in [7, 11) is 0. The zero-order chi connectivity index (χ0) is 8.97. The molecular weight excluding hydrogens is 168 g/mol. The highest BCUT2D eigenvalue weighted by molar-refractivity contribution is 7.98. The van der Waals surface area contributed by atoms with Crippen molar-refractivity contribution in [3.05, 3.63) is 29.8 Å². The largest absolute Gasteiger partial charge is 0.300 e. The van der Waals surface area contributed by atoms with E-state index >= 15 is 0 Å². The van der Waals surface area contributed by atoms with Crippen LogP contribution in [0.2, 0.25) is 0 Å². The third-order valence-corrected chi connectivity index (χ3v) is 2.47. The Kier molecular flexibility index (Phi) is 3.35. The summed E-state index contributed by atoms with van der Waals surface area (Å²) in [6.45, 7) is 1.62. The van der Waals surface area contributed by atoms with Crippen LogP contribution in [-0.4, -0.2) is 12.0 Å². The number of benzene rings is 1. The van der Waals surface area contributed by atoms with Crippen molar-refractivity contribution in [2.75, 3.05) is 6.26 Å². The number of carbonyl (C=O) groups is 1. The zero-order valence-corrected chi connectivity index (χ0v) is 8.15. The molecule has 0 aliphatic carbocycles. The maximum Gasteiger partial charge on any atom is 0.134 e. The fraction of sp³-hybridized carbons (Fsp3) is 0.300. The second kappa shape index (κ2) is 4.31. The predicted octanol–water partition coefficient (Wildman–Crippen LogP) is 2.54. The minimum atomic E-state index is 0.219. The molecule has 0 unspecified atom stereocenters. The molecule has 2 heteroatoms. The quantitative estimate of drug-likeness (QED) is 0.665. The zero-order valence-electron chi connectivity index (χ0n) is 7.33. The van der Waals surface area contributed by atoms with Gasteiger partial charge in [0.05, 0.1) is 0 Å². The van der Waals surface area contributed by atoms with Crippen LogP contribution in [0.5, 0.6) is 0 Å². The van der Waals surface area contributed by atoms with E-state index in [1.165, 1.54) is 4.90 Å². The Morgan fingerprint density at radius 3 is 2.67 bits per heavy atom. The minimum Gasteiger partial charge on any atom is -0.300 e. The molecule has 0 atom stereocenters. The molecule has 0 spiro atoms. The SMILES string of the molecule is CSc1ccccc1CC(C)=O. The first-order chi connectivity index (χ1) is 5.74. The van der Waals surface area contributed by atoms with E-state index in [1.54, 1.807) is 18.7 Å². The van der Waals surface area contributed by atoms with Crippen LogP contribution in [0.15, 0.2) is 29.2 Å². The molecule has 12 heavy (non-hydrogen) atoms. The standard InChI is InChI=1S/C10H12OS/c1-8(11)7-9-5-3-4-6-10(9)12-2/h3-6H,7H2,1-2H3. The maximum atomic E-state index is 10.9. The van der Waals surface area contributed by atoms with E-state index in [1.807, 2.05) is 30.5 Å². The van der Waals surface area contributed by atoms with E-state index in [4.69, 9.17) is 0 Å². The van der Waals surface area contributed by atoms with Crippen LogP contribution < -0.4 is 0 Å². The van der Waals surface area contributed by atoms with Crippen LogP contribution >= 0.6 is 11.8 Å². The Balaban J connectivity index is 2.89. The molecule has 0 aliphatic heterocycles. The summed E-state index contributed by atoms with van der Waals surface area (Å²) in [6, 6.07) is 8.02. The van der Waals surface area contributed by atoms with Crippen LogP contribution in [0, 0.1) is 0 Å². The van der Waals surface area contributed by atoms with Gasteiger partial charge in [0.1, 0.15) is 5.78 Å². The van der Waals surface area contributed by atoms with Gasteiger partial charge in [-0.15, -0.1) is 11.8 Å². The molecule has 0 amide bonds. The highest BCUT2D eigenvalue weighted by Gasteiger charge is 2.01. The number of thioether (sulfide) groups is 1. The van der Waals surface area contributed by atoms with Gasteiger partial charge in [0, 0.05) is 11.3 Å². The van der Waals surface area contributed by atoms with Crippen molar-refractivity contribution in [2.24, 2.45) is 0 Å². The molecule has 1 aromatic rings. The van der Waals surface area contributed by atoms with Crippen LogP contribution in [0.1, 0.15) is 12.5 Å². The first-order valence-corrected chi connectivity index (χ1v) is 5.08. The lowest BCUT2D eigenvalue weighted by molar-refractivity contribution is -0.116. The highest BCUT2D eigenvalue weighted by atomic mass is 32.2. The van der Waals surface area contributed by atoms with Crippen LogP contribution in [0.3, 0.4) is 0 Å². The van der Waals surface area contributed by atoms with Gasteiger partial charge in [0.25, 0.3) is 0 Å². The lowest BCUT2D eigenvalue weighted by Crippen LogP contribution is -1.97. The summed E-state index contributed by atoms with van der Waals surface area (Å²) in [4.78, 5) is 12.1. The molecule has 1 aromatic carbocycles. The van der Waals surface area contributed by atoms with Gasteiger partial charge >= 0.3 is 0 Å². The first kappa shape index (κ1) is 9.33. The van der Waals surface area contributed by atoms with Gasteiger partial charge in [-0.3, -0.25) is 4.79 Å². The summed E-state index contributed by atoms with van der Waals surface area (Å²) in [5.41, 5.74) is 1.14. The molecule has 0 saturated carbocycles. The van der Waals surface area contributed by atoms with Gasteiger partial charge in [-0.1, -0.05) is 18.2 Å². The van der Waals surface area contributed by atoms with Crippen molar-refractivity contribution in [1.29, 1.82) is 0 Å². The first-order valence-electron chi connectivity index (χ1n) is 3.85. The average Bonchev–Trinajstić information content (AvgIpc) is 2.04. The lowest BCUT2D eigenvalue weighted by atomic mass is 10.1. The summed E-state index contributed by atoms with van der Waals surface area (Å²) in [6.07, 6.45) is 2.58. The maximum absolute atomic E-state index is 10.9. The molecule has 1 rings (SSSR count). The van der Waals surface area contributed by atoms with Crippen molar-refractivity contribution in [2.45, 2.75) is 18.2 Å². The second-order valence-corrected chi connectivity index (χ2v) is 3.54. The van der Waals surface area contributed by atoms with Crippen molar-refractivity contribution in [3.8, 4) is 0 Å². The third-order valence-electron chi connectivity index (χ3n) is 1.63. The Hall–Kier alpha value is -0.760. The van der Waals surface area contributed by atoms with Gasteiger partial charge in [0.15, 0.2) is 0 Å². The second-order valence-electron chi connectivity index (χ2n) is 2.69. The molecular formula is C10H12OS. The molecule has 0 aromatic heterocycles. The van der Waals surface area contributed by atoms with Crippen molar-refractivity contribution >= 4 is 17.5 Å². The van der Waals surface area contributed by atoms with E-state index in [2.05, 4.69) is 0 Å². The Morgan fingerprint density at radius 2 is 2.08 bits per heavy atom. The summed E-state index contributed by atoms with van der Waals surface area (Å²) in [5.74, 6) is 0.219. The third kappa shape index (κ3) is 2.38. The summed E-state index contributed by atoms with van der Waals surface area (Å²) < 4.78 is 0. The van der Waals surface area contributed by atoms with E-state index in [9.17, 15) is 4.79 Å². The smallest absolute Gasteiger partial charge is 0.134 e. The van der Waals surface area contributed by atoms with Crippen molar-refractivity contribution in [1.82, 2.24) is 0 Å². The monoisotopic (exact) mass is 180 g/mol. The van der Waals surface area contributed by atoms with Crippen LogP contribution in [0.25, 0.3) is 0 Å². The number of Topliss-reactive ketones (excluding diaryl/α,β-unsaturated/α-hetero) is 1. The Labute approximate surface area is 77.2 Å². The predicted molar refractivity (Wildman–Crippen MR) is 52.6 cm³/mol. The molecule has 0 fully saturated rings. The van der Waals surface area contributed by atoms with Gasteiger partial charge in [0.2, 0.25) is 0 Å². The Bertz CT molecular complexity index is 281. The fourth-order valence-corrected chi connectivity index (χ4v) is 1.73. The molecule has 0 N–H and O–H groups in total. The molecule has 0 bridgehead atoms. The fourth-order valence-electron chi connectivity index (χ4n) is 1.12. The van der Waals surface area contributed by atoms with Crippen molar-refractivity contribution in [3.63, 3.8) is 0 Å². The number of hydrogen-bond donors (Lipinski definition) is 0. The van der Waals surface area contributed by atoms with Gasteiger partial charge < -0.3 is 0 Å². The number of carbonyl (C=O) groups excluding carboxylic acids is 1. The number of rotatable bonds is 3. The molecule has 1 nitrogen and oxygen atoms in total. The molecule has 0 saturated heterocycles. The average molecular weight is 180 g/mol. The van der Waals surface area contributed by atoms with E-state index in [-0.39, 0.29) is 5.78 Å². The minimum absolute atomic E-state index is 0.219. The molecule has 64 valence electrons. The van der Waals surface area contributed by atoms with Gasteiger partial charge in [-0.2, -0.15) is 0 Å².